The predicted molar refractivity (Wildman–Crippen MR) is 154 cm³/mol. The van der Waals surface area contributed by atoms with E-state index in [-0.39, 0.29) is 53.2 Å². The van der Waals surface area contributed by atoms with Gasteiger partial charge in [-0.1, -0.05) is 35.3 Å². The van der Waals surface area contributed by atoms with Crippen molar-refractivity contribution in [3.8, 4) is 5.75 Å². The molecule has 1 amide bonds. The van der Waals surface area contributed by atoms with Gasteiger partial charge >= 0.3 is 5.97 Å². The lowest BCUT2D eigenvalue weighted by Gasteiger charge is -2.57. The van der Waals surface area contributed by atoms with Crippen molar-refractivity contribution in [2.75, 3.05) is 41.1 Å². The largest absolute Gasteiger partial charge is 0.486 e. The number of halogens is 4. The molecule has 3 aliphatic rings. The normalized spacial score (nSPS) is 22.0. The number of fused-ring (bicyclic) bond motifs is 3. The molecule has 0 heterocycles. The van der Waals surface area contributed by atoms with E-state index in [0.29, 0.717) is 18.5 Å². The van der Waals surface area contributed by atoms with E-state index in [9.17, 15) is 23.2 Å². The number of aldehydes is 1. The van der Waals surface area contributed by atoms with Crippen LogP contribution in [0.25, 0.3) is 0 Å². The molecule has 3 saturated carbocycles. The van der Waals surface area contributed by atoms with Gasteiger partial charge < -0.3 is 29.6 Å². The number of ether oxygens (including phenoxy) is 4. The molecular weight excluding hydrogens is 597 g/mol. The fraction of sp³-hybridized carbons (Fsp3) is 0.483. The summed E-state index contributed by atoms with van der Waals surface area (Å²) in [5.41, 5.74) is -0.497. The standard InChI is InChI=1S/C15H26N2O5.C8H6ClFO2.C6H4ClF/c1-16-14-4-6-15(7-5-14,17-12(18)9-20-2)11(8-14)22-13(19)10-21-3;9-7-2-1-6(5-8(7)10)12-4-3-11;7-5-3-1-2-4-6(5)8/h11,16H,4-10H2,1-3H3,(H,17,18);1-3,5H,4H2;1-4H. The highest BCUT2D eigenvalue weighted by molar-refractivity contribution is 6.31. The smallest absolute Gasteiger partial charge is 0.332 e. The average Bonchev–Trinajstić information content (AvgIpc) is 2.97. The summed E-state index contributed by atoms with van der Waals surface area (Å²) in [5, 5.41) is 6.64. The van der Waals surface area contributed by atoms with Crippen molar-refractivity contribution in [1.29, 1.82) is 0 Å². The van der Waals surface area contributed by atoms with Crippen LogP contribution in [0.3, 0.4) is 0 Å². The van der Waals surface area contributed by atoms with Gasteiger partial charge in [0.2, 0.25) is 5.91 Å². The van der Waals surface area contributed by atoms with Gasteiger partial charge in [0.1, 0.15) is 43.3 Å². The molecule has 3 aliphatic carbocycles. The topological polar surface area (TPSA) is 112 Å². The summed E-state index contributed by atoms with van der Waals surface area (Å²) < 4.78 is 45.1. The molecule has 2 N–H and O–H groups in total. The first-order chi connectivity index (χ1) is 20.0. The third-order valence-electron chi connectivity index (χ3n) is 7.06. The van der Waals surface area contributed by atoms with Crippen molar-refractivity contribution in [1.82, 2.24) is 10.6 Å². The molecule has 2 bridgehead atoms. The van der Waals surface area contributed by atoms with E-state index >= 15 is 0 Å². The number of benzene rings is 2. The van der Waals surface area contributed by atoms with Crippen LogP contribution in [0.15, 0.2) is 42.5 Å². The SMILES string of the molecule is CNC12CCC(NC(=O)COC)(CC1)C(OC(=O)COC)C2.Fc1ccccc1Cl.O=CCOc1ccc(Cl)c(F)c1. The number of hydrogen-bond donors (Lipinski definition) is 2. The van der Waals surface area contributed by atoms with Gasteiger partial charge in [-0.3, -0.25) is 9.59 Å². The Bertz CT molecular complexity index is 1160. The Kier molecular flexibility index (Phi) is 14.6. The van der Waals surface area contributed by atoms with Crippen molar-refractivity contribution < 1.29 is 42.1 Å². The Hall–Kier alpha value is -2.83. The fourth-order valence-electron chi connectivity index (χ4n) is 4.85. The van der Waals surface area contributed by atoms with Crippen LogP contribution in [0.5, 0.6) is 5.75 Å². The van der Waals surface area contributed by atoms with E-state index in [1.54, 1.807) is 12.1 Å². The first-order valence-electron chi connectivity index (χ1n) is 13.1. The Balaban J connectivity index is 0.000000256. The summed E-state index contributed by atoms with van der Waals surface area (Å²) in [5.74, 6) is -1.20. The lowest BCUT2D eigenvalue weighted by atomic mass is 9.60. The Morgan fingerprint density at radius 3 is 2.14 bits per heavy atom. The Labute approximate surface area is 254 Å². The van der Waals surface area contributed by atoms with Crippen molar-refractivity contribution in [2.45, 2.75) is 49.3 Å². The number of carbonyl (C=O) groups is 3. The van der Waals surface area contributed by atoms with Gasteiger partial charge in [0, 0.05) is 32.2 Å². The molecule has 9 nitrogen and oxygen atoms in total. The van der Waals surface area contributed by atoms with E-state index in [1.165, 1.54) is 38.5 Å². The lowest BCUT2D eigenvalue weighted by Crippen LogP contribution is -2.70. The van der Waals surface area contributed by atoms with E-state index in [1.807, 2.05) is 7.05 Å². The highest BCUT2D eigenvalue weighted by atomic mass is 35.5. The van der Waals surface area contributed by atoms with Crippen LogP contribution < -0.4 is 15.4 Å². The zero-order chi connectivity index (χ0) is 31.2. The van der Waals surface area contributed by atoms with Gasteiger partial charge in [-0.05, 0) is 57.0 Å². The zero-order valence-electron chi connectivity index (χ0n) is 23.7. The number of rotatable bonds is 10. The van der Waals surface area contributed by atoms with Crippen molar-refractivity contribution in [3.05, 3.63) is 64.1 Å². The second-order valence-electron chi connectivity index (χ2n) is 9.75. The van der Waals surface area contributed by atoms with Crippen LogP contribution in [0.4, 0.5) is 8.78 Å². The van der Waals surface area contributed by atoms with E-state index in [4.69, 9.17) is 42.1 Å². The molecule has 2 aromatic carbocycles. The maximum atomic E-state index is 12.7. The molecule has 1 atom stereocenters. The van der Waals surface area contributed by atoms with E-state index in [0.717, 1.165) is 31.7 Å². The molecule has 2 aromatic rings. The summed E-state index contributed by atoms with van der Waals surface area (Å²) in [6.07, 6.45) is 4.43. The Morgan fingerprint density at radius 2 is 1.62 bits per heavy atom. The lowest BCUT2D eigenvalue weighted by molar-refractivity contribution is -0.169. The monoisotopic (exact) mass is 632 g/mol. The highest BCUT2D eigenvalue weighted by Gasteiger charge is 2.56. The summed E-state index contributed by atoms with van der Waals surface area (Å²) in [4.78, 5) is 33.7. The molecular formula is C29H36Cl2F2N2O7. The first-order valence-corrected chi connectivity index (χ1v) is 13.9. The number of esters is 1. The van der Waals surface area contributed by atoms with E-state index < -0.39 is 17.3 Å². The van der Waals surface area contributed by atoms with Gasteiger partial charge in [-0.15, -0.1) is 0 Å². The minimum absolute atomic E-state index is 0.00818. The van der Waals surface area contributed by atoms with Crippen LogP contribution in [0.1, 0.15) is 32.1 Å². The zero-order valence-corrected chi connectivity index (χ0v) is 25.2. The third-order valence-corrected chi connectivity index (χ3v) is 7.67. The summed E-state index contributed by atoms with van der Waals surface area (Å²) in [6.45, 7) is -0.149. The minimum Gasteiger partial charge on any atom is -0.486 e. The van der Waals surface area contributed by atoms with Gasteiger partial charge in [-0.2, -0.15) is 0 Å². The molecule has 3 fully saturated rings. The number of carbonyl (C=O) groups excluding carboxylic acids is 3. The van der Waals surface area contributed by atoms with Crippen molar-refractivity contribution >= 4 is 41.4 Å². The molecule has 232 valence electrons. The second-order valence-corrected chi connectivity index (χ2v) is 10.6. The molecule has 13 heteroatoms. The van der Waals surface area contributed by atoms with Crippen LogP contribution in [0.2, 0.25) is 10.0 Å². The second kappa shape index (κ2) is 17.3. The van der Waals surface area contributed by atoms with Gasteiger partial charge in [0.25, 0.3) is 0 Å². The number of amides is 1. The number of nitrogens with one attached hydrogen (secondary N) is 2. The van der Waals surface area contributed by atoms with Crippen LogP contribution in [-0.4, -0.2) is 76.4 Å². The maximum absolute atomic E-state index is 12.7. The molecule has 0 aliphatic heterocycles. The molecule has 0 radical (unpaired) electrons. The molecule has 0 aromatic heterocycles. The highest BCUT2D eigenvalue weighted by Crippen LogP contribution is 2.48. The van der Waals surface area contributed by atoms with Crippen molar-refractivity contribution in [2.24, 2.45) is 0 Å². The van der Waals surface area contributed by atoms with Crippen LogP contribution in [0, 0.1) is 11.6 Å². The van der Waals surface area contributed by atoms with Crippen LogP contribution >= 0.6 is 23.2 Å². The maximum Gasteiger partial charge on any atom is 0.332 e. The molecule has 5 rings (SSSR count). The summed E-state index contributed by atoms with van der Waals surface area (Å²) >= 11 is 10.7. The van der Waals surface area contributed by atoms with Gasteiger partial charge in [0.05, 0.1) is 15.6 Å². The van der Waals surface area contributed by atoms with Gasteiger partial charge in [-0.25, -0.2) is 13.6 Å². The summed E-state index contributed by atoms with van der Waals surface area (Å²) in [7, 11) is 4.89. The minimum atomic E-state index is -0.555. The molecule has 0 spiro atoms. The molecule has 1 unspecified atom stereocenters. The van der Waals surface area contributed by atoms with Crippen molar-refractivity contribution in [3.63, 3.8) is 0 Å². The average molecular weight is 634 g/mol. The quantitative estimate of drug-likeness (QED) is 0.291. The van der Waals surface area contributed by atoms with Gasteiger partial charge in [0.15, 0.2) is 6.29 Å². The molecule has 0 saturated heterocycles. The predicted octanol–water partition coefficient (Wildman–Crippen LogP) is 4.52. The third kappa shape index (κ3) is 10.5. The molecule has 42 heavy (non-hydrogen) atoms. The first kappa shape index (κ1) is 35.4. The number of methoxy groups -OCH3 is 2. The number of hydrogen-bond acceptors (Lipinski definition) is 8. The van der Waals surface area contributed by atoms with Crippen LogP contribution in [-0.2, 0) is 28.6 Å². The Morgan fingerprint density at radius 1 is 0.976 bits per heavy atom. The van der Waals surface area contributed by atoms with E-state index in [2.05, 4.69) is 10.6 Å². The fourth-order valence-corrected chi connectivity index (χ4v) is 5.11. The summed E-state index contributed by atoms with van der Waals surface area (Å²) in [6, 6.07) is 10.1.